The molecule has 1 rings (SSSR count). The van der Waals surface area contributed by atoms with E-state index in [-0.39, 0.29) is 50.0 Å². The van der Waals surface area contributed by atoms with Crippen LogP contribution in [0, 0.1) is 11.8 Å². The Hall–Kier alpha value is -2.43. The summed E-state index contributed by atoms with van der Waals surface area (Å²) < 4.78 is 30.0. The lowest BCUT2D eigenvalue weighted by atomic mass is 9.88. The average Bonchev–Trinajstić information content (AvgIpc) is 3.81. The van der Waals surface area contributed by atoms with Crippen molar-refractivity contribution in [3.05, 3.63) is 24.3 Å². The largest absolute Gasteiger partial charge is 0.465 e. The van der Waals surface area contributed by atoms with Gasteiger partial charge in [-0.05, 0) is 115 Å². The third-order valence-electron chi connectivity index (χ3n) is 12.1. The van der Waals surface area contributed by atoms with E-state index >= 15 is 0 Å². The average molecular weight is 891 g/mol. The summed E-state index contributed by atoms with van der Waals surface area (Å²) in [5.74, 6) is -0.0538. The predicted octanol–water partition coefficient (Wildman–Crippen LogP) is 13.6. The zero-order valence-electron chi connectivity index (χ0n) is 41.5. The summed E-state index contributed by atoms with van der Waals surface area (Å²) in [5.41, 5.74) is 0. The molecule has 0 radical (unpaired) electrons. The second kappa shape index (κ2) is 43.5. The minimum absolute atomic E-state index is 0.0908. The molecule has 0 spiro atoms. The number of rotatable bonds is 44. The standard InChI is InChI=1S/C53H98N2O8/c1-6-11-16-20-22-28-43-59-52(60-44-29-23-21-17-12-7-2)38-37-51(57)62-46-48(34-33-47(30-15-10-5)31-24-18-13-8-3)45-61-50(56)36-35-49(32-25-19-14-9-4)63-53(58)54-39-42-55-40-26-27-41-55/h11-12,16-17,47-49,52H,6-10,13-15,18-46H2,1-5H3,(H,54,58)/b16-11-,17-12-. The third kappa shape index (κ3) is 36.5. The fourth-order valence-corrected chi connectivity index (χ4v) is 8.07. The van der Waals surface area contributed by atoms with Crippen LogP contribution in [0.25, 0.3) is 0 Å². The van der Waals surface area contributed by atoms with Gasteiger partial charge in [0.05, 0.1) is 19.6 Å². The molecule has 0 bridgehead atoms. The molecular formula is C53H98N2O8. The molecule has 63 heavy (non-hydrogen) atoms. The molecule has 0 aromatic heterocycles. The van der Waals surface area contributed by atoms with E-state index < -0.39 is 12.4 Å². The number of hydrogen-bond donors (Lipinski definition) is 1. The van der Waals surface area contributed by atoms with E-state index in [0.717, 1.165) is 116 Å². The number of nitrogens with zero attached hydrogens (tertiary/aromatic N) is 1. The molecule has 1 heterocycles. The summed E-state index contributed by atoms with van der Waals surface area (Å²) >= 11 is 0. The molecule has 0 aromatic carbocycles. The normalized spacial score (nSPS) is 14.8. The van der Waals surface area contributed by atoms with Crippen LogP contribution in [0.2, 0.25) is 0 Å². The first kappa shape index (κ1) is 58.6. The van der Waals surface area contributed by atoms with Crippen molar-refractivity contribution in [1.82, 2.24) is 10.2 Å². The van der Waals surface area contributed by atoms with Crippen molar-refractivity contribution in [3.63, 3.8) is 0 Å². The molecule has 0 saturated carbocycles. The van der Waals surface area contributed by atoms with Gasteiger partial charge in [0, 0.05) is 45.1 Å². The molecule has 1 fully saturated rings. The molecule has 1 amide bonds. The van der Waals surface area contributed by atoms with E-state index in [1.807, 2.05) is 0 Å². The van der Waals surface area contributed by atoms with Gasteiger partial charge in [0.2, 0.25) is 0 Å². The van der Waals surface area contributed by atoms with Gasteiger partial charge in [-0.15, -0.1) is 0 Å². The van der Waals surface area contributed by atoms with Gasteiger partial charge in [0.25, 0.3) is 0 Å². The summed E-state index contributed by atoms with van der Waals surface area (Å²) in [5, 5.41) is 2.92. The number of nitrogens with one attached hydrogen (secondary N) is 1. The molecule has 1 N–H and O–H groups in total. The van der Waals surface area contributed by atoms with Crippen LogP contribution in [-0.2, 0) is 33.3 Å². The summed E-state index contributed by atoms with van der Waals surface area (Å²) in [7, 11) is 0. The number of carbonyl (C=O) groups excluding carboxylic acids is 3. The Bertz CT molecular complexity index is 1100. The number of carbonyl (C=O) groups is 3. The fourth-order valence-electron chi connectivity index (χ4n) is 8.07. The highest BCUT2D eigenvalue weighted by atomic mass is 16.7. The minimum Gasteiger partial charge on any atom is -0.465 e. The molecule has 1 aliphatic heterocycles. The number of amides is 1. The van der Waals surface area contributed by atoms with Crippen molar-refractivity contribution in [2.24, 2.45) is 11.8 Å². The van der Waals surface area contributed by atoms with E-state index in [2.05, 4.69) is 69.1 Å². The molecule has 0 aliphatic carbocycles. The van der Waals surface area contributed by atoms with E-state index in [1.165, 1.54) is 64.2 Å². The Morgan fingerprint density at radius 3 is 1.67 bits per heavy atom. The van der Waals surface area contributed by atoms with E-state index in [0.29, 0.717) is 38.5 Å². The molecule has 1 aliphatic rings. The second-order valence-corrected chi connectivity index (χ2v) is 18.0. The highest BCUT2D eigenvalue weighted by molar-refractivity contribution is 5.70. The van der Waals surface area contributed by atoms with Crippen LogP contribution in [0.15, 0.2) is 24.3 Å². The SMILES string of the molecule is CC/C=C\CCCCOC(CCC(=O)OCC(CCC(CCCC)CCCCCC)COC(=O)CCC(CCCCCC)OC(=O)NCCN1CCCC1)OCCCC/C=C\CC. The summed E-state index contributed by atoms with van der Waals surface area (Å²) in [6, 6.07) is 0. The molecule has 10 nitrogen and oxygen atoms in total. The Kier molecular flexibility index (Phi) is 40.4. The number of unbranched alkanes of at least 4 members (excludes halogenated alkanes) is 11. The first-order chi connectivity index (χ1) is 30.8. The molecule has 10 heteroatoms. The second-order valence-electron chi connectivity index (χ2n) is 18.0. The van der Waals surface area contributed by atoms with Crippen molar-refractivity contribution < 1.29 is 38.1 Å². The number of likely N-dealkylation sites (tertiary alicyclic amines) is 1. The first-order valence-electron chi connectivity index (χ1n) is 26.4. The Balaban J connectivity index is 2.84. The fraction of sp³-hybridized carbons (Fsp3) is 0.868. The zero-order chi connectivity index (χ0) is 45.9. The van der Waals surface area contributed by atoms with Gasteiger partial charge in [0.1, 0.15) is 6.10 Å². The van der Waals surface area contributed by atoms with Gasteiger partial charge in [-0.2, -0.15) is 0 Å². The lowest BCUT2D eigenvalue weighted by Crippen LogP contribution is -2.35. The maximum absolute atomic E-state index is 13.3. The molecule has 3 atom stereocenters. The molecule has 0 aromatic rings. The van der Waals surface area contributed by atoms with Gasteiger partial charge in [-0.3, -0.25) is 9.59 Å². The third-order valence-corrected chi connectivity index (χ3v) is 12.1. The number of ether oxygens (including phenoxy) is 5. The quantitative estimate of drug-likeness (QED) is 0.0210. The highest BCUT2D eigenvalue weighted by Crippen LogP contribution is 2.25. The van der Waals surface area contributed by atoms with Gasteiger partial charge in [-0.1, -0.05) is 130 Å². The van der Waals surface area contributed by atoms with Crippen molar-refractivity contribution in [3.8, 4) is 0 Å². The zero-order valence-corrected chi connectivity index (χ0v) is 41.5. The Morgan fingerprint density at radius 2 is 1.10 bits per heavy atom. The molecule has 1 saturated heterocycles. The van der Waals surface area contributed by atoms with E-state index in [4.69, 9.17) is 23.7 Å². The topological polar surface area (TPSA) is 113 Å². The maximum Gasteiger partial charge on any atom is 0.407 e. The Morgan fingerprint density at radius 1 is 0.556 bits per heavy atom. The van der Waals surface area contributed by atoms with Crippen LogP contribution in [0.4, 0.5) is 4.79 Å². The smallest absolute Gasteiger partial charge is 0.407 e. The highest BCUT2D eigenvalue weighted by Gasteiger charge is 2.22. The first-order valence-corrected chi connectivity index (χ1v) is 26.4. The van der Waals surface area contributed by atoms with Crippen LogP contribution >= 0.6 is 0 Å². The van der Waals surface area contributed by atoms with Crippen LogP contribution < -0.4 is 5.32 Å². The van der Waals surface area contributed by atoms with Crippen molar-refractivity contribution >= 4 is 18.0 Å². The van der Waals surface area contributed by atoms with E-state index in [9.17, 15) is 14.4 Å². The van der Waals surface area contributed by atoms with Crippen LogP contribution in [-0.4, -0.2) is 87.9 Å². The van der Waals surface area contributed by atoms with Gasteiger partial charge in [0.15, 0.2) is 6.29 Å². The number of hydrogen-bond acceptors (Lipinski definition) is 9. The van der Waals surface area contributed by atoms with Crippen LogP contribution in [0.1, 0.15) is 221 Å². The number of esters is 2. The van der Waals surface area contributed by atoms with Gasteiger partial charge >= 0.3 is 18.0 Å². The lowest BCUT2D eigenvalue weighted by Gasteiger charge is -2.22. The van der Waals surface area contributed by atoms with Crippen molar-refractivity contribution in [1.29, 1.82) is 0 Å². The van der Waals surface area contributed by atoms with Crippen LogP contribution in [0.3, 0.4) is 0 Å². The van der Waals surface area contributed by atoms with Crippen molar-refractivity contribution in [2.75, 3.05) is 52.6 Å². The van der Waals surface area contributed by atoms with E-state index in [1.54, 1.807) is 0 Å². The molecular weight excluding hydrogens is 793 g/mol. The van der Waals surface area contributed by atoms with Crippen LogP contribution in [0.5, 0.6) is 0 Å². The van der Waals surface area contributed by atoms with Gasteiger partial charge < -0.3 is 33.9 Å². The lowest BCUT2D eigenvalue weighted by molar-refractivity contribution is -0.161. The summed E-state index contributed by atoms with van der Waals surface area (Å²) in [6.45, 7) is 16.1. The predicted molar refractivity (Wildman–Crippen MR) is 260 cm³/mol. The number of alkyl carbamates (subject to hydrolysis) is 1. The molecule has 3 unspecified atom stereocenters. The number of allylic oxidation sites excluding steroid dienone is 4. The monoisotopic (exact) mass is 891 g/mol. The summed E-state index contributed by atoms with van der Waals surface area (Å²) in [6.07, 6.45) is 36.2. The maximum atomic E-state index is 13.3. The summed E-state index contributed by atoms with van der Waals surface area (Å²) in [4.78, 5) is 41.6. The van der Waals surface area contributed by atoms with Crippen molar-refractivity contribution in [2.45, 2.75) is 233 Å². The Labute approximate surface area is 387 Å². The minimum atomic E-state index is -0.445. The van der Waals surface area contributed by atoms with Gasteiger partial charge in [-0.25, -0.2) is 4.79 Å². The molecule has 368 valence electrons.